The van der Waals surface area contributed by atoms with Gasteiger partial charge in [0.25, 0.3) is 10.0 Å². The van der Waals surface area contributed by atoms with Gasteiger partial charge in [-0.05, 0) is 68.8 Å². The number of likely N-dealkylation sites (N-methyl/N-ethyl adjacent to an activating group) is 1. The van der Waals surface area contributed by atoms with Gasteiger partial charge in [-0.3, -0.25) is 13.9 Å². The van der Waals surface area contributed by atoms with Crippen molar-refractivity contribution in [3.8, 4) is 5.75 Å². The standard InChI is InChI=1S/C28H31Cl2N3O5S/c1-5-31-28(35)20(3)32(17-21-8-11-23(38-4)12-9-21)27(34)18-33(22-10-15-25(29)26(30)16-22)39(36,37)24-13-6-19(2)7-14-24/h6-16,20H,5,17-18H2,1-4H3,(H,31,35)/t20-/m0/s1. The Morgan fingerprint density at radius 1 is 0.974 bits per heavy atom. The number of hydrogen-bond donors (Lipinski definition) is 1. The van der Waals surface area contributed by atoms with E-state index in [1.165, 1.54) is 35.2 Å². The van der Waals surface area contributed by atoms with E-state index in [2.05, 4.69) is 5.32 Å². The maximum atomic E-state index is 13.8. The predicted octanol–water partition coefficient (Wildman–Crippen LogP) is 5.06. The van der Waals surface area contributed by atoms with Crippen LogP contribution in [0.5, 0.6) is 5.75 Å². The summed E-state index contributed by atoms with van der Waals surface area (Å²) in [6.45, 7) is 5.10. The maximum Gasteiger partial charge on any atom is 0.264 e. The second kappa shape index (κ2) is 13.2. The molecule has 0 fully saturated rings. The highest BCUT2D eigenvalue weighted by Crippen LogP contribution is 2.31. The van der Waals surface area contributed by atoms with Gasteiger partial charge < -0.3 is 15.0 Å². The third-order valence-electron chi connectivity index (χ3n) is 6.11. The molecule has 1 atom stereocenters. The molecule has 3 rings (SSSR count). The average molecular weight is 593 g/mol. The summed E-state index contributed by atoms with van der Waals surface area (Å²) >= 11 is 12.3. The molecule has 0 saturated heterocycles. The summed E-state index contributed by atoms with van der Waals surface area (Å²) in [5.41, 5.74) is 1.78. The molecule has 0 bridgehead atoms. The zero-order valence-corrected chi connectivity index (χ0v) is 24.5. The lowest BCUT2D eigenvalue weighted by Crippen LogP contribution is -2.51. The van der Waals surface area contributed by atoms with Crippen LogP contribution in [0.1, 0.15) is 25.0 Å². The molecule has 3 aromatic rings. The average Bonchev–Trinajstić information content (AvgIpc) is 2.92. The molecule has 8 nitrogen and oxygen atoms in total. The molecule has 0 aromatic heterocycles. The summed E-state index contributed by atoms with van der Waals surface area (Å²) in [6, 6.07) is 16.8. The van der Waals surface area contributed by atoms with Gasteiger partial charge in [-0.15, -0.1) is 0 Å². The Morgan fingerprint density at radius 3 is 2.18 bits per heavy atom. The van der Waals surface area contributed by atoms with Crippen LogP contribution in [0.15, 0.2) is 71.6 Å². The van der Waals surface area contributed by atoms with Gasteiger partial charge in [0.15, 0.2) is 0 Å². The number of ether oxygens (including phenoxy) is 1. The molecular formula is C28H31Cl2N3O5S. The minimum atomic E-state index is -4.20. The van der Waals surface area contributed by atoms with Gasteiger partial charge in [-0.25, -0.2) is 8.42 Å². The molecule has 39 heavy (non-hydrogen) atoms. The largest absolute Gasteiger partial charge is 0.497 e. The molecule has 0 radical (unpaired) electrons. The first-order valence-electron chi connectivity index (χ1n) is 12.2. The fourth-order valence-corrected chi connectivity index (χ4v) is 5.54. The highest BCUT2D eigenvalue weighted by Gasteiger charge is 2.32. The van der Waals surface area contributed by atoms with Crippen molar-refractivity contribution >= 4 is 50.7 Å². The summed E-state index contributed by atoms with van der Waals surface area (Å²) < 4.78 is 33.8. The van der Waals surface area contributed by atoms with Crippen molar-refractivity contribution in [3.05, 3.63) is 87.9 Å². The number of anilines is 1. The van der Waals surface area contributed by atoms with Crippen molar-refractivity contribution < 1.29 is 22.7 Å². The summed E-state index contributed by atoms with van der Waals surface area (Å²) in [6.07, 6.45) is 0. The number of nitrogens with zero attached hydrogens (tertiary/aromatic N) is 2. The van der Waals surface area contributed by atoms with E-state index in [1.807, 2.05) is 6.92 Å². The van der Waals surface area contributed by atoms with Crippen LogP contribution in [-0.4, -0.2) is 51.4 Å². The molecule has 0 aliphatic carbocycles. The van der Waals surface area contributed by atoms with Crippen LogP contribution in [0, 0.1) is 6.92 Å². The number of carbonyl (C=O) groups excluding carboxylic acids is 2. The fraction of sp³-hybridized carbons (Fsp3) is 0.286. The molecule has 2 amide bonds. The lowest BCUT2D eigenvalue weighted by atomic mass is 10.1. The zero-order valence-electron chi connectivity index (χ0n) is 22.1. The molecule has 0 heterocycles. The van der Waals surface area contributed by atoms with Crippen molar-refractivity contribution in [1.29, 1.82) is 0 Å². The van der Waals surface area contributed by atoms with Crippen molar-refractivity contribution in [3.63, 3.8) is 0 Å². The predicted molar refractivity (Wildman–Crippen MR) is 154 cm³/mol. The lowest BCUT2D eigenvalue weighted by Gasteiger charge is -2.32. The number of rotatable bonds is 11. The van der Waals surface area contributed by atoms with Gasteiger partial charge in [0.1, 0.15) is 18.3 Å². The van der Waals surface area contributed by atoms with Gasteiger partial charge in [0.2, 0.25) is 11.8 Å². The van der Waals surface area contributed by atoms with Crippen molar-refractivity contribution in [2.75, 3.05) is 24.5 Å². The van der Waals surface area contributed by atoms with Gasteiger partial charge in [-0.2, -0.15) is 0 Å². The molecule has 0 spiro atoms. The minimum absolute atomic E-state index is 0.00505. The molecule has 0 unspecified atom stereocenters. The first-order valence-corrected chi connectivity index (χ1v) is 14.4. The zero-order chi connectivity index (χ0) is 28.7. The second-order valence-corrected chi connectivity index (χ2v) is 11.5. The van der Waals surface area contributed by atoms with E-state index in [0.717, 1.165) is 15.4 Å². The third-order valence-corrected chi connectivity index (χ3v) is 8.64. The first-order chi connectivity index (χ1) is 18.5. The van der Waals surface area contributed by atoms with Crippen LogP contribution in [0.2, 0.25) is 10.0 Å². The molecule has 0 saturated carbocycles. The molecule has 1 N–H and O–H groups in total. The molecule has 3 aromatic carbocycles. The molecule has 11 heteroatoms. The van der Waals surface area contributed by atoms with Gasteiger partial charge in [-0.1, -0.05) is 53.0 Å². The fourth-order valence-electron chi connectivity index (χ4n) is 3.84. The van der Waals surface area contributed by atoms with Crippen molar-refractivity contribution in [1.82, 2.24) is 10.2 Å². The summed E-state index contributed by atoms with van der Waals surface area (Å²) in [4.78, 5) is 28.0. The van der Waals surface area contributed by atoms with Crippen molar-refractivity contribution in [2.24, 2.45) is 0 Å². The highest BCUT2D eigenvalue weighted by molar-refractivity contribution is 7.92. The van der Waals surface area contributed by atoms with Gasteiger partial charge in [0.05, 0.1) is 27.7 Å². The Hall–Kier alpha value is -3.27. The number of benzene rings is 3. The Morgan fingerprint density at radius 2 is 1.62 bits per heavy atom. The number of sulfonamides is 1. The number of aryl methyl sites for hydroxylation is 1. The lowest BCUT2D eigenvalue weighted by molar-refractivity contribution is -0.139. The van der Waals surface area contributed by atoms with E-state index in [0.29, 0.717) is 12.3 Å². The van der Waals surface area contributed by atoms with E-state index in [4.69, 9.17) is 27.9 Å². The minimum Gasteiger partial charge on any atom is -0.497 e. The van der Waals surface area contributed by atoms with Crippen LogP contribution in [0.25, 0.3) is 0 Å². The molecule has 0 aliphatic heterocycles. The first kappa shape index (κ1) is 30.3. The van der Waals surface area contributed by atoms with Crippen LogP contribution in [0.3, 0.4) is 0 Å². The van der Waals surface area contributed by atoms with Crippen LogP contribution in [0.4, 0.5) is 5.69 Å². The van der Waals surface area contributed by atoms with Gasteiger partial charge in [0, 0.05) is 13.1 Å². The number of methoxy groups -OCH3 is 1. The number of halogens is 2. The number of carbonyl (C=O) groups is 2. The summed E-state index contributed by atoms with van der Waals surface area (Å²) in [5.74, 6) is -0.295. The summed E-state index contributed by atoms with van der Waals surface area (Å²) in [5, 5.41) is 3.10. The summed E-state index contributed by atoms with van der Waals surface area (Å²) in [7, 11) is -2.65. The van der Waals surface area contributed by atoms with E-state index in [1.54, 1.807) is 57.4 Å². The third kappa shape index (κ3) is 7.44. The van der Waals surface area contributed by atoms with Crippen LogP contribution >= 0.6 is 23.2 Å². The molecule has 208 valence electrons. The Kier molecular flexibility index (Phi) is 10.2. The number of hydrogen-bond acceptors (Lipinski definition) is 5. The van der Waals surface area contributed by atoms with E-state index in [9.17, 15) is 18.0 Å². The van der Waals surface area contributed by atoms with Crippen LogP contribution < -0.4 is 14.4 Å². The van der Waals surface area contributed by atoms with E-state index in [-0.39, 0.29) is 33.1 Å². The van der Waals surface area contributed by atoms with Gasteiger partial charge >= 0.3 is 0 Å². The SMILES string of the molecule is CCNC(=O)[C@H](C)N(Cc1ccc(OC)cc1)C(=O)CN(c1ccc(Cl)c(Cl)c1)S(=O)(=O)c1ccc(C)cc1. The Bertz CT molecular complexity index is 1410. The van der Waals surface area contributed by atoms with E-state index < -0.39 is 28.5 Å². The normalized spacial score (nSPS) is 11.9. The Labute approximate surface area is 239 Å². The van der Waals surface area contributed by atoms with Crippen LogP contribution in [-0.2, 0) is 26.2 Å². The second-order valence-electron chi connectivity index (χ2n) is 8.86. The quantitative estimate of drug-likeness (QED) is 0.336. The molecular weight excluding hydrogens is 561 g/mol. The topological polar surface area (TPSA) is 96.0 Å². The maximum absolute atomic E-state index is 13.8. The number of amides is 2. The monoisotopic (exact) mass is 591 g/mol. The van der Waals surface area contributed by atoms with Crippen molar-refractivity contribution in [2.45, 2.75) is 38.3 Å². The Balaban J connectivity index is 2.04. The molecule has 0 aliphatic rings. The van der Waals surface area contributed by atoms with E-state index >= 15 is 0 Å². The highest BCUT2D eigenvalue weighted by atomic mass is 35.5. The number of nitrogens with one attached hydrogen (secondary N) is 1. The smallest absolute Gasteiger partial charge is 0.264 e.